The molecule has 25 heavy (non-hydrogen) atoms. The Morgan fingerprint density at radius 2 is 1.84 bits per heavy atom. The summed E-state index contributed by atoms with van der Waals surface area (Å²) in [4.78, 5) is 13.7. The zero-order valence-electron chi connectivity index (χ0n) is 14.4. The second-order valence-electron chi connectivity index (χ2n) is 4.94. The second-order valence-corrected chi connectivity index (χ2v) is 4.94. The SMILES string of the molecule is C=CCN(CC=C)C(=O)/C(C#N)=C\NCCOc1ccc(OC)cc1. The summed E-state index contributed by atoms with van der Waals surface area (Å²) in [5.74, 6) is 1.10. The van der Waals surface area contributed by atoms with Gasteiger partial charge in [0.2, 0.25) is 0 Å². The molecule has 0 aliphatic heterocycles. The van der Waals surface area contributed by atoms with E-state index in [2.05, 4.69) is 18.5 Å². The van der Waals surface area contributed by atoms with Crippen molar-refractivity contribution in [3.8, 4) is 17.6 Å². The third-order valence-corrected chi connectivity index (χ3v) is 3.16. The topological polar surface area (TPSA) is 74.6 Å². The van der Waals surface area contributed by atoms with Gasteiger partial charge in [0.1, 0.15) is 29.7 Å². The van der Waals surface area contributed by atoms with E-state index in [1.54, 1.807) is 31.4 Å². The molecule has 0 unspecified atom stereocenters. The number of methoxy groups -OCH3 is 1. The lowest BCUT2D eigenvalue weighted by molar-refractivity contribution is -0.125. The standard InChI is InChI=1S/C19H23N3O3/c1-4-11-22(12-5-2)19(23)16(14-20)15-21-10-13-25-18-8-6-17(24-3)7-9-18/h4-9,15,21H,1-2,10-13H2,3H3/b16-15-. The second kappa shape index (κ2) is 11.4. The Morgan fingerprint density at radius 3 is 2.36 bits per heavy atom. The third kappa shape index (κ3) is 6.83. The lowest BCUT2D eigenvalue weighted by Gasteiger charge is -2.18. The van der Waals surface area contributed by atoms with Gasteiger partial charge in [0, 0.05) is 25.8 Å². The number of hydrogen-bond acceptors (Lipinski definition) is 5. The lowest BCUT2D eigenvalue weighted by atomic mass is 10.2. The number of benzene rings is 1. The molecule has 0 saturated heterocycles. The highest BCUT2D eigenvalue weighted by Crippen LogP contribution is 2.16. The third-order valence-electron chi connectivity index (χ3n) is 3.16. The minimum Gasteiger partial charge on any atom is -0.497 e. The van der Waals surface area contributed by atoms with Crippen LogP contribution in [0.15, 0.2) is 61.3 Å². The number of hydrogen-bond donors (Lipinski definition) is 1. The fourth-order valence-corrected chi connectivity index (χ4v) is 1.94. The van der Waals surface area contributed by atoms with E-state index in [1.165, 1.54) is 11.1 Å². The molecule has 0 atom stereocenters. The molecule has 0 aromatic heterocycles. The van der Waals surface area contributed by atoms with Crippen molar-refractivity contribution in [1.29, 1.82) is 5.26 Å². The van der Waals surface area contributed by atoms with E-state index in [0.717, 1.165) is 5.75 Å². The van der Waals surface area contributed by atoms with Crippen LogP contribution in [0.3, 0.4) is 0 Å². The molecule has 1 aromatic rings. The van der Waals surface area contributed by atoms with Gasteiger partial charge in [0.15, 0.2) is 0 Å². The molecule has 0 spiro atoms. The fourth-order valence-electron chi connectivity index (χ4n) is 1.94. The normalized spacial score (nSPS) is 10.3. The molecule has 1 rings (SSSR count). The van der Waals surface area contributed by atoms with Crippen molar-refractivity contribution in [2.24, 2.45) is 0 Å². The number of nitrogens with zero attached hydrogens (tertiary/aromatic N) is 2. The van der Waals surface area contributed by atoms with Crippen molar-refractivity contribution in [3.05, 3.63) is 61.3 Å². The first-order valence-corrected chi connectivity index (χ1v) is 7.77. The van der Waals surface area contributed by atoms with Crippen molar-refractivity contribution in [1.82, 2.24) is 10.2 Å². The van der Waals surface area contributed by atoms with Crippen LogP contribution in [0.2, 0.25) is 0 Å². The highest BCUT2D eigenvalue weighted by molar-refractivity contribution is 5.97. The van der Waals surface area contributed by atoms with Crippen molar-refractivity contribution in [2.45, 2.75) is 0 Å². The minimum absolute atomic E-state index is 0.0214. The number of nitriles is 1. The maximum absolute atomic E-state index is 12.3. The van der Waals surface area contributed by atoms with Crippen molar-refractivity contribution < 1.29 is 14.3 Å². The average Bonchev–Trinajstić information content (AvgIpc) is 2.64. The first-order valence-electron chi connectivity index (χ1n) is 7.77. The summed E-state index contributed by atoms with van der Waals surface area (Å²) in [6, 6.07) is 9.14. The van der Waals surface area contributed by atoms with Crippen LogP contribution in [0.4, 0.5) is 0 Å². The summed E-state index contributed by atoms with van der Waals surface area (Å²) < 4.78 is 10.6. The molecule has 0 aliphatic carbocycles. The van der Waals surface area contributed by atoms with Crippen molar-refractivity contribution in [2.75, 3.05) is 33.4 Å². The lowest BCUT2D eigenvalue weighted by Crippen LogP contribution is -2.33. The van der Waals surface area contributed by atoms with E-state index in [4.69, 9.17) is 14.7 Å². The largest absolute Gasteiger partial charge is 0.497 e. The monoisotopic (exact) mass is 341 g/mol. The Balaban J connectivity index is 2.48. The Hall–Kier alpha value is -3.20. The molecule has 0 heterocycles. The maximum atomic E-state index is 12.3. The van der Waals surface area contributed by atoms with Crippen molar-refractivity contribution >= 4 is 5.91 Å². The van der Waals surface area contributed by atoms with E-state index >= 15 is 0 Å². The van der Waals surface area contributed by atoms with Gasteiger partial charge in [-0.25, -0.2) is 0 Å². The number of nitrogens with one attached hydrogen (secondary N) is 1. The van der Waals surface area contributed by atoms with Crippen LogP contribution < -0.4 is 14.8 Å². The highest BCUT2D eigenvalue weighted by atomic mass is 16.5. The molecule has 1 amide bonds. The van der Waals surface area contributed by atoms with Crippen LogP contribution in [0, 0.1) is 11.3 Å². The predicted molar refractivity (Wildman–Crippen MR) is 97.2 cm³/mol. The number of amides is 1. The first-order chi connectivity index (χ1) is 12.2. The van der Waals surface area contributed by atoms with Gasteiger partial charge < -0.3 is 19.7 Å². The number of ether oxygens (including phenoxy) is 2. The molecule has 0 fully saturated rings. The molecule has 6 heteroatoms. The molecule has 0 bridgehead atoms. The van der Waals surface area contributed by atoms with Gasteiger partial charge in [-0.2, -0.15) is 5.26 Å². The Kier molecular flexibility index (Phi) is 9.01. The van der Waals surface area contributed by atoms with Gasteiger partial charge in [-0.15, -0.1) is 13.2 Å². The van der Waals surface area contributed by atoms with Gasteiger partial charge in [-0.3, -0.25) is 4.79 Å². The fraction of sp³-hybridized carbons (Fsp3) is 0.263. The smallest absolute Gasteiger partial charge is 0.266 e. The molecular weight excluding hydrogens is 318 g/mol. The van der Waals surface area contributed by atoms with Crippen molar-refractivity contribution in [3.63, 3.8) is 0 Å². The van der Waals surface area contributed by atoms with E-state index in [9.17, 15) is 4.79 Å². The summed E-state index contributed by atoms with van der Waals surface area (Å²) in [5.41, 5.74) is 0.0214. The van der Waals surface area contributed by atoms with E-state index < -0.39 is 0 Å². The van der Waals surface area contributed by atoms with Gasteiger partial charge >= 0.3 is 0 Å². The van der Waals surface area contributed by atoms with Gasteiger partial charge in [0.05, 0.1) is 7.11 Å². The zero-order chi connectivity index (χ0) is 18.5. The van der Waals surface area contributed by atoms with Crippen LogP contribution >= 0.6 is 0 Å². The number of rotatable bonds is 11. The first kappa shape index (κ1) is 19.8. The molecule has 1 aromatic carbocycles. The van der Waals surface area contributed by atoms with Crippen LogP contribution in [-0.2, 0) is 4.79 Å². The van der Waals surface area contributed by atoms with Crippen LogP contribution in [-0.4, -0.2) is 44.2 Å². The van der Waals surface area contributed by atoms with Gasteiger partial charge in [-0.1, -0.05) is 12.2 Å². The molecule has 132 valence electrons. The quantitative estimate of drug-likeness (QED) is 0.289. The summed E-state index contributed by atoms with van der Waals surface area (Å²) >= 11 is 0. The van der Waals surface area contributed by atoms with Crippen LogP contribution in [0.1, 0.15) is 0 Å². The van der Waals surface area contributed by atoms with E-state index in [-0.39, 0.29) is 11.5 Å². The molecule has 0 radical (unpaired) electrons. The Bertz CT molecular complexity index is 635. The predicted octanol–water partition coefficient (Wildman–Crippen LogP) is 2.27. The van der Waals surface area contributed by atoms with E-state index in [1.807, 2.05) is 18.2 Å². The summed E-state index contributed by atoms with van der Waals surface area (Å²) in [6.45, 7) is 8.75. The van der Waals surface area contributed by atoms with Crippen LogP contribution in [0.5, 0.6) is 11.5 Å². The minimum atomic E-state index is -0.370. The number of carbonyl (C=O) groups excluding carboxylic acids is 1. The molecule has 6 nitrogen and oxygen atoms in total. The Labute approximate surface area is 148 Å². The van der Waals surface area contributed by atoms with Gasteiger partial charge in [0.25, 0.3) is 5.91 Å². The summed E-state index contributed by atoms with van der Waals surface area (Å²) in [5, 5.41) is 12.1. The molecule has 1 N–H and O–H groups in total. The van der Waals surface area contributed by atoms with E-state index in [0.29, 0.717) is 32.0 Å². The Morgan fingerprint density at radius 1 is 1.24 bits per heavy atom. The molecular formula is C19H23N3O3. The van der Waals surface area contributed by atoms with Crippen LogP contribution in [0.25, 0.3) is 0 Å². The summed E-state index contributed by atoms with van der Waals surface area (Å²) in [7, 11) is 1.60. The average molecular weight is 341 g/mol. The summed E-state index contributed by atoms with van der Waals surface area (Å²) in [6.07, 6.45) is 4.61. The maximum Gasteiger partial charge on any atom is 0.266 e. The highest BCUT2D eigenvalue weighted by Gasteiger charge is 2.15. The zero-order valence-corrected chi connectivity index (χ0v) is 14.4. The molecule has 0 saturated carbocycles. The molecule has 0 aliphatic rings. The number of carbonyl (C=O) groups is 1. The van der Waals surface area contributed by atoms with Gasteiger partial charge in [-0.05, 0) is 24.3 Å².